The number of halogens is 1. The van der Waals surface area contributed by atoms with Crippen LogP contribution in [-0.4, -0.2) is 25.0 Å². The molecule has 0 aliphatic heterocycles. The molecule has 6 heteroatoms. The van der Waals surface area contributed by atoms with Crippen molar-refractivity contribution in [3.63, 3.8) is 0 Å². The number of aromatic nitrogens is 1. The molecule has 5 nitrogen and oxygen atoms in total. The molecule has 1 amide bonds. The van der Waals surface area contributed by atoms with Crippen LogP contribution in [0.2, 0.25) is 5.02 Å². The van der Waals surface area contributed by atoms with Crippen LogP contribution in [0.4, 0.5) is 5.69 Å². The van der Waals surface area contributed by atoms with Crippen LogP contribution in [0, 0.1) is 0 Å². The maximum atomic E-state index is 11.6. The van der Waals surface area contributed by atoms with Crippen molar-refractivity contribution < 1.29 is 9.53 Å². The first-order valence-corrected chi connectivity index (χ1v) is 6.76. The molecule has 0 saturated carbocycles. The van der Waals surface area contributed by atoms with E-state index in [0.717, 1.165) is 5.56 Å². The van der Waals surface area contributed by atoms with Crippen molar-refractivity contribution in [2.75, 3.05) is 19.5 Å². The molecule has 1 aromatic heterocycles. The number of nitrogens with one attached hydrogen (secondary N) is 2. The summed E-state index contributed by atoms with van der Waals surface area (Å²) in [5, 5.41) is 6.33. The smallest absolute Gasteiger partial charge is 0.251 e. The van der Waals surface area contributed by atoms with Crippen molar-refractivity contribution in [3.05, 3.63) is 52.7 Å². The molecule has 0 aliphatic rings. The fourth-order valence-electron chi connectivity index (χ4n) is 1.78. The number of carbonyl (C=O) groups is 1. The molecule has 0 bridgehead atoms. The number of anilines is 1. The van der Waals surface area contributed by atoms with Crippen LogP contribution >= 0.6 is 11.6 Å². The normalized spacial score (nSPS) is 10.0. The van der Waals surface area contributed by atoms with Crippen molar-refractivity contribution in [1.29, 1.82) is 0 Å². The summed E-state index contributed by atoms with van der Waals surface area (Å²) < 4.78 is 5.01. The second kappa shape index (κ2) is 6.95. The van der Waals surface area contributed by atoms with Gasteiger partial charge >= 0.3 is 0 Å². The predicted octanol–water partition coefficient (Wildman–Crippen LogP) is 2.72. The van der Waals surface area contributed by atoms with Gasteiger partial charge in [-0.05, 0) is 23.8 Å². The van der Waals surface area contributed by atoms with E-state index in [1.54, 1.807) is 44.6 Å². The number of pyridine rings is 1. The first-order chi connectivity index (χ1) is 10.1. The van der Waals surface area contributed by atoms with Crippen molar-refractivity contribution >= 4 is 23.2 Å². The summed E-state index contributed by atoms with van der Waals surface area (Å²) in [6.45, 7) is 0.550. The Labute approximate surface area is 128 Å². The van der Waals surface area contributed by atoms with Gasteiger partial charge in [0.1, 0.15) is 0 Å². The molecule has 21 heavy (non-hydrogen) atoms. The number of benzene rings is 1. The fraction of sp³-hybridized carbons (Fsp3) is 0.200. The number of rotatable bonds is 5. The average Bonchev–Trinajstić information content (AvgIpc) is 2.53. The number of carbonyl (C=O) groups excluding carboxylic acids is 1. The monoisotopic (exact) mass is 305 g/mol. The molecule has 1 heterocycles. The Morgan fingerprint density at radius 3 is 2.76 bits per heavy atom. The molecular weight excluding hydrogens is 290 g/mol. The summed E-state index contributed by atoms with van der Waals surface area (Å²) in [5.41, 5.74) is 2.24. The van der Waals surface area contributed by atoms with E-state index in [2.05, 4.69) is 15.6 Å². The summed E-state index contributed by atoms with van der Waals surface area (Å²) in [5.74, 6) is 0.416. The number of ether oxygens (including phenoxy) is 1. The first-order valence-electron chi connectivity index (χ1n) is 6.38. The van der Waals surface area contributed by atoms with E-state index in [4.69, 9.17) is 16.3 Å². The number of hydrogen-bond donors (Lipinski definition) is 2. The molecule has 2 rings (SSSR count). The Kier molecular flexibility index (Phi) is 5.00. The highest BCUT2D eigenvalue weighted by atomic mass is 35.5. The van der Waals surface area contributed by atoms with Crippen LogP contribution in [0.5, 0.6) is 5.88 Å². The second-order valence-electron chi connectivity index (χ2n) is 4.34. The number of nitrogens with zero attached hydrogens (tertiary/aromatic N) is 1. The van der Waals surface area contributed by atoms with Crippen molar-refractivity contribution in [3.8, 4) is 5.88 Å². The fourth-order valence-corrected chi connectivity index (χ4v) is 1.96. The highest BCUT2D eigenvalue weighted by Crippen LogP contribution is 2.23. The van der Waals surface area contributed by atoms with Gasteiger partial charge in [0.15, 0.2) is 0 Å². The van der Waals surface area contributed by atoms with E-state index < -0.39 is 0 Å². The van der Waals surface area contributed by atoms with Gasteiger partial charge in [0.2, 0.25) is 5.88 Å². The van der Waals surface area contributed by atoms with Gasteiger partial charge in [-0.15, -0.1) is 0 Å². The second-order valence-corrected chi connectivity index (χ2v) is 4.74. The van der Waals surface area contributed by atoms with E-state index in [9.17, 15) is 4.79 Å². The summed E-state index contributed by atoms with van der Waals surface area (Å²) in [7, 11) is 3.16. The lowest BCUT2D eigenvalue weighted by Crippen LogP contribution is -2.17. The quantitative estimate of drug-likeness (QED) is 0.891. The third kappa shape index (κ3) is 3.86. The van der Waals surface area contributed by atoms with Crippen LogP contribution in [0.15, 0.2) is 36.5 Å². The molecule has 0 fully saturated rings. The first kappa shape index (κ1) is 15.1. The Morgan fingerprint density at radius 1 is 1.33 bits per heavy atom. The number of methoxy groups -OCH3 is 1. The van der Waals surface area contributed by atoms with Gasteiger partial charge in [-0.2, -0.15) is 0 Å². The molecule has 2 N–H and O–H groups in total. The SMILES string of the molecule is CNC(=O)c1ccc(Cl)c(NCc2ccc(OC)nc2)c1. The molecule has 0 unspecified atom stereocenters. The summed E-state index contributed by atoms with van der Waals surface area (Å²) >= 11 is 6.13. The molecule has 0 aliphatic carbocycles. The Hall–Kier alpha value is -2.27. The molecule has 0 atom stereocenters. The standard InChI is InChI=1S/C15H16ClN3O2/c1-17-15(20)11-4-5-12(16)13(7-11)18-8-10-3-6-14(21-2)19-9-10/h3-7,9,18H,8H2,1-2H3,(H,17,20). The minimum absolute atomic E-state index is 0.152. The minimum atomic E-state index is -0.152. The van der Waals surface area contributed by atoms with Crippen LogP contribution < -0.4 is 15.4 Å². The summed E-state index contributed by atoms with van der Waals surface area (Å²) in [4.78, 5) is 15.7. The molecule has 2 aromatic rings. The maximum absolute atomic E-state index is 11.6. The summed E-state index contributed by atoms with van der Waals surface area (Å²) in [6.07, 6.45) is 1.72. The third-order valence-corrected chi connectivity index (χ3v) is 3.27. The van der Waals surface area contributed by atoms with Gasteiger partial charge < -0.3 is 15.4 Å². The molecule has 0 radical (unpaired) electrons. The highest BCUT2D eigenvalue weighted by Gasteiger charge is 2.07. The van der Waals surface area contributed by atoms with Crippen molar-refractivity contribution in [2.45, 2.75) is 6.54 Å². The van der Waals surface area contributed by atoms with Crippen molar-refractivity contribution in [2.24, 2.45) is 0 Å². The van der Waals surface area contributed by atoms with Crippen LogP contribution in [-0.2, 0) is 6.54 Å². The zero-order valence-electron chi connectivity index (χ0n) is 11.8. The lowest BCUT2D eigenvalue weighted by Gasteiger charge is -2.10. The maximum Gasteiger partial charge on any atom is 0.251 e. The Bertz CT molecular complexity index is 629. The largest absolute Gasteiger partial charge is 0.481 e. The number of hydrogen-bond acceptors (Lipinski definition) is 4. The predicted molar refractivity (Wildman–Crippen MR) is 83.0 cm³/mol. The van der Waals surface area contributed by atoms with Gasteiger partial charge in [0.25, 0.3) is 5.91 Å². The highest BCUT2D eigenvalue weighted by molar-refractivity contribution is 6.33. The molecule has 110 valence electrons. The van der Waals surface area contributed by atoms with Crippen molar-refractivity contribution in [1.82, 2.24) is 10.3 Å². The zero-order valence-corrected chi connectivity index (χ0v) is 12.6. The molecule has 0 saturated heterocycles. The molecule has 1 aromatic carbocycles. The average molecular weight is 306 g/mol. The van der Waals surface area contributed by atoms with Gasteiger partial charge in [-0.25, -0.2) is 4.98 Å². The Morgan fingerprint density at radius 2 is 2.14 bits per heavy atom. The van der Waals surface area contributed by atoms with E-state index in [1.807, 2.05) is 6.07 Å². The Balaban J connectivity index is 2.09. The summed E-state index contributed by atoms with van der Waals surface area (Å²) in [6, 6.07) is 8.80. The van der Waals surface area contributed by atoms with Gasteiger partial charge in [-0.3, -0.25) is 4.79 Å². The molecule has 0 spiro atoms. The van der Waals surface area contributed by atoms with Crippen LogP contribution in [0.25, 0.3) is 0 Å². The lowest BCUT2D eigenvalue weighted by molar-refractivity contribution is 0.0963. The van der Waals surface area contributed by atoms with E-state index in [1.165, 1.54) is 0 Å². The van der Waals surface area contributed by atoms with Crippen LogP contribution in [0.1, 0.15) is 15.9 Å². The van der Waals surface area contributed by atoms with Crippen LogP contribution in [0.3, 0.4) is 0 Å². The van der Waals surface area contributed by atoms with E-state index in [-0.39, 0.29) is 5.91 Å². The third-order valence-electron chi connectivity index (χ3n) is 2.95. The van der Waals surface area contributed by atoms with Gasteiger partial charge in [0, 0.05) is 31.4 Å². The van der Waals surface area contributed by atoms with E-state index in [0.29, 0.717) is 28.7 Å². The van der Waals surface area contributed by atoms with Gasteiger partial charge in [-0.1, -0.05) is 17.7 Å². The van der Waals surface area contributed by atoms with E-state index >= 15 is 0 Å². The minimum Gasteiger partial charge on any atom is -0.481 e. The topological polar surface area (TPSA) is 63.2 Å². The number of amides is 1. The molecular formula is C15H16ClN3O2. The zero-order chi connectivity index (χ0) is 15.2. The lowest BCUT2D eigenvalue weighted by atomic mass is 10.2. The van der Waals surface area contributed by atoms with Gasteiger partial charge in [0.05, 0.1) is 17.8 Å².